The van der Waals surface area contributed by atoms with E-state index in [2.05, 4.69) is 18.8 Å². The molecule has 0 saturated carbocycles. The lowest BCUT2D eigenvalue weighted by Crippen LogP contribution is -2.39. The van der Waals surface area contributed by atoms with Crippen molar-refractivity contribution in [3.8, 4) is 11.3 Å². The molecule has 5 nitrogen and oxygen atoms in total. The van der Waals surface area contributed by atoms with E-state index < -0.39 is 0 Å². The van der Waals surface area contributed by atoms with Crippen LogP contribution in [0.3, 0.4) is 0 Å². The third-order valence-electron chi connectivity index (χ3n) is 4.47. The first kappa shape index (κ1) is 18.0. The second kappa shape index (κ2) is 7.22. The molecule has 1 aromatic carbocycles. The van der Waals surface area contributed by atoms with Crippen LogP contribution in [0.15, 0.2) is 54.9 Å². The summed E-state index contributed by atoms with van der Waals surface area (Å²) in [5, 5.41) is 0.850. The lowest BCUT2D eigenvalue weighted by atomic mass is 9.93. The summed E-state index contributed by atoms with van der Waals surface area (Å²) in [7, 11) is 1.82. The van der Waals surface area contributed by atoms with Gasteiger partial charge in [-0.2, -0.15) is 0 Å². The minimum Gasteiger partial charge on any atom is -0.341 e. The van der Waals surface area contributed by atoms with E-state index in [4.69, 9.17) is 10.7 Å². The van der Waals surface area contributed by atoms with Crippen molar-refractivity contribution in [1.29, 1.82) is 0 Å². The minimum absolute atomic E-state index is 0.0322. The van der Waals surface area contributed by atoms with Crippen molar-refractivity contribution < 1.29 is 4.79 Å². The zero-order valence-electron chi connectivity index (χ0n) is 15.4. The fraction of sp³-hybridized carbons (Fsp3) is 0.286. The van der Waals surface area contributed by atoms with Crippen molar-refractivity contribution in [3.63, 3.8) is 0 Å². The molecule has 0 aliphatic rings. The number of carbonyl (C=O) groups excluding carboxylic acids is 1. The fourth-order valence-corrected chi connectivity index (χ4v) is 3.00. The molecule has 0 saturated heterocycles. The van der Waals surface area contributed by atoms with E-state index in [1.54, 1.807) is 17.3 Å². The number of nitrogens with two attached hydrogens (primary N) is 1. The summed E-state index contributed by atoms with van der Waals surface area (Å²) in [6.45, 7) is 5.22. The molecule has 0 unspecified atom stereocenters. The van der Waals surface area contributed by atoms with E-state index in [1.165, 1.54) is 0 Å². The monoisotopic (exact) mass is 348 g/mol. The number of aromatic nitrogens is 2. The summed E-state index contributed by atoms with van der Waals surface area (Å²) < 4.78 is 0. The van der Waals surface area contributed by atoms with Crippen molar-refractivity contribution in [2.75, 3.05) is 20.1 Å². The number of rotatable bonds is 5. The van der Waals surface area contributed by atoms with Gasteiger partial charge in [0.2, 0.25) is 0 Å². The third-order valence-corrected chi connectivity index (χ3v) is 4.47. The number of pyridine rings is 2. The van der Waals surface area contributed by atoms with Crippen molar-refractivity contribution in [2.24, 2.45) is 11.1 Å². The molecule has 3 aromatic rings. The van der Waals surface area contributed by atoms with E-state index in [1.807, 2.05) is 49.5 Å². The van der Waals surface area contributed by atoms with Crippen LogP contribution in [-0.4, -0.2) is 40.9 Å². The summed E-state index contributed by atoms with van der Waals surface area (Å²) in [6.07, 6.45) is 3.48. The Balaban J connectivity index is 2.08. The maximum atomic E-state index is 13.2. The van der Waals surface area contributed by atoms with Gasteiger partial charge in [-0.05, 0) is 36.2 Å². The van der Waals surface area contributed by atoms with E-state index in [9.17, 15) is 4.79 Å². The number of amides is 1. The molecule has 0 atom stereocenters. The van der Waals surface area contributed by atoms with Crippen molar-refractivity contribution in [3.05, 3.63) is 60.4 Å². The summed E-state index contributed by atoms with van der Waals surface area (Å²) in [6, 6.07) is 13.4. The number of fused-ring (bicyclic) bond motifs is 1. The van der Waals surface area contributed by atoms with Crippen LogP contribution in [0.1, 0.15) is 24.2 Å². The van der Waals surface area contributed by atoms with Gasteiger partial charge in [-0.15, -0.1) is 0 Å². The van der Waals surface area contributed by atoms with Crippen LogP contribution >= 0.6 is 0 Å². The molecule has 1 amide bonds. The molecule has 0 bridgehead atoms. The Morgan fingerprint density at radius 2 is 1.96 bits per heavy atom. The average Bonchev–Trinajstić information content (AvgIpc) is 2.67. The molecule has 0 aliphatic carbocycles. The van der Waals surface area contributed by atoms with Crippen LogP contribution in [0.25, 0.3) is 22.2 Å². The lowest BCUT2D eigenvalue weighted by Gasteiger charge is -2.29. The van der Waals surface area contributed by atoms with Gasteiger partial charge in [0.15, 0.2) is 0 Å². The summed E-state index contributed by atoms with van der Waals surface area (Å²) in [5.41, 5.74) is 8.76. The van der Waals surface area contributed by atoms with Crippen LogP contribution in [-0.2, 0) is 0 Å². The van der Waals surface area contributed by atoms with Gasteiger partial charge in [0.25, 0.3) is 5.91 Å². The SMILES string of the molecule is CN(CC(C)(C)CN)C(=O)c1cc(-c2cccnc2)nc2ccccc12. The van der Waals surface area contributed by atoms with Crippen LogP contribution in [0.5, 0.6) is 0 Å². The Hall–Kier alpha value is -2.79. The maximum Gasteiger partial charge on any atom is 0.254 e. The molecule has 0 aliphatic heterocycles. The average molecular weight is 348 g/mol. The second-order valence-corrected chi connectivity index (χ2v) is 7.34. The van der Waals surface area contributed by atoms with Crippen LogP contribution in [0, 0.1) is 5.41 Å². The van der Waals surface area contributed by atoms with E-state index >= 15 is 0 Å². The number of carbonyl (C=O) groups is 1. The predicted octanol–water partition coefficient (Wildman–Crippen LogP) is 3.35. The van der Waals surface area contributed by atoms with E-state index in [-0.39, 0.29) is 11.3 Å². The number of para-hydroxylation sites is 1. The summed E-state index contributed by atoms with van der Waals surface area (Å²) in [5.74, 6) is -0.0322. The number of nitrogens with zero attached hydrogens (tertiary/aromatic N) is 3. The van der Waals surface area contributed by atoms with Crippen molar-refractivity contribution >= 4 is 16.8 Å². The van der Waals surface area contributed by atoms with Crippen LogP contribution in [0.4, 0.5) is 0 Å². The quantitative estimate of drug-likeness (QED) is 0.767. The van der Waals surface area contributed by atoms with E-state index in [0.29, 0.717) is 18.7 Å². The highest BCUT2D eigenvalue weighted by Crippen LogP contribution is 2.26. The van der Waals surface area contributed by atoms with Gasteiger partial charge >= 0.3 is 0 Å². The van der Waals surface area contributed by atoms with E-state index in [0.717, 1.165) is 22.2 Å². The zero-order valence-corrected chi connectivity index (χ0v) is 15.4. The van der Waals surface area contributed by atoms with Gasteiger partial charge in [-0.25, -0.2) is 4.98 Å². The molecule has 0 spiro atoms. The second-order valence-electron chi connectivity index (χ2n) is 7.34. The molecule has 134 valence electrons. The van der Waals surface area contributed by atoms with Gasteiger partial charge in [0.05, 0.1) is 16.8 Å². The molecule has 2 aromatic heterocycles. The third kappa shape index (κ3) is 3.73. The topological polar surface area (TPSA) is 72.1 Å². The highest BCUT2D eigenvalue weighted by molar-refractivity contribution is 6.07. The van der Waals surface area contributed by atoms with Gasteiger partial charge in [0, 0.05) is 36.9 Å². The van der Waals surface area contributed by atoms with Gasteiger partial charge < -0.3 is 10.6 Å². The summed E-state index contributed by atoms with van der Waals surface area (Å²) in [4.78, 5) is 23.8. The first-order chi connectivity index (χ1) is 12.4. The Bertz CT molecular complexity index is 922. The Kier molecular flexibility index (Phi) is 5.00. The van der Waals surface area contributed by atoms with Gasteiger partial charge in [-0.1, -0.05) is 32.0 Å². The lowest BCUT2D eigenvalue weighted by molar-refractivity contribution is 0.0742. The highest BCUT2D eigenvalue weighted by Gasteiger charge is 2.23. The molecule has 0 fully saturated rings. The largest absolute Gasteiger partial charge is 0.341 e. The molecule has 26 heavy (non-hydrogen) atoms. The minimum atomic E-state index is -0.139. The smallest absolute Gasteiger partial charge is 0.254 e. The standard InChI is InChI=1S/C21H24N4O/c1-21(2,13-22)14-25(3)20(26)17-11-19(15-7-6-10-23-12-15)24-18-9-5-4-8-16(17)18/h4-12H,13-14,22H2,1-3H3. The Morgan fingerprint density at radius 3 is 2.65 bits per heavy atom. The molecular weight excluding hydrogens is 324 g/mol. The van der Waals surface area contributed by atoms with Gasteiger partial charge in [-0.3, -0.25) is 9.78 Å². The molecular formula is C21H24N4O. The van der Waals surface area contributed by atoms with Crippen LogP contribution < -0.4 is 5.73 Å². The predicted molar refractivity (Wildman–Crippen MR) is 105 cm³/mol. The van der Waals surface area contributed by atoms with Crippen LogP contribution in [0.2, 0.25) is 0 Å². The van der Waals surface area contributed by atoms with Crippen molar-refractivity contribution in [2.45, 2.75) is 13.8 Å². The normalized spacial score (nSPS) is 11.5. The first-order valence-electron chi connectivity index (χ1n) is 8.67. The zero-order chi connectivity index (χ0) is 18.7. The first-order valence-corrected chi connectivity index (χ1v) is 8.67. The number of benzene rings is 1. The van der Waals surface area contributed by atoms with Gasteiger partial charge in [0.1, 0.15) is 0 Å². The Labute approximate surface area is 153 Å². The molecule has 2 heterocycles. The maximum absolute atomic E-state index is 13.2. The number of hydrogen-bond donors (Lipinski definition) is 1. The summed E-state index contributed by atoms with van der Waals surface area (Å²) >= 11 is 0. The molecule has 5 heteroatoms. The molecule has 2 N–H and O–H groups in total. The highest BCUT2D eigenvalue weighted by atomic mass is 16.2. The molecule has 3 rings (SSSR count). The molecule has 0 radical (unpaired) electrons. The number of hydrogen-bond acceptors (Lipinski definition) is 4. The van der Waals surface area contributed by atoms with Crippen molar-refractivity contribution in [1.82, 2.24) is 14.9 Å². The Morgan fingerprint density at radius 1 is 1.19 bits per heavy atom. The fourth-order valence-electron chi connectivity index (χ4n) is 3.00.